The predicted molar refractivity (Wildman–Crippen MR) is 122 cm³/mol. The summed E-state index contributed by atoms with van der Waals surface area (Å²) in [4.78, 5) is 22.7. The predicted octanol–water partition coefficient (Wildman–Crippen LogP) is 5.71. The molecule has 0 saturated heterocycles. The highest BCUT2D eigenvalue weighted by Gasteiger charge is 2.17. The summed E-state index contributed by atoms with van der Waals surface area (Å²) in [6.45, 7) is 0.0237. The number of carbonyl (C=O) groups excluding carboxylic acids is 1. The zero-order chi connectivity index (χ0) is 24.2. The molecule has 1 N–H and O–H groups in total. The minimum Gasteiger partial charge on any atom is -0.486 e. The molecule has 174 valence electrons. The molecule has 2 aromatic carbocycles. The van der Waals surface area contributed by atoms with Crippen molar-refractivity contribution in [1.82, 2.24) is 9.78 Å². The smallest absolute Gasteiger partial charge is 0.292 e. The molecule has 4 rings (SSSR count). The van der Waals surface area contributed by atoms with Gasteiger partial charge >= 0.3 is 0 Å². The third kappa shape index (κ3) is 5.36. The molecule has 12 heteroatoms. The molecule has 0 saturated carbocycles. The highest BCUT2D eigenvalue weighted by Crippen LogP contribution is 2.25. The molecule has 0 aliphatic rings. The zero-order valence-electron chi connectivity index (χ0n) is 17.2. The van der Waals surface area contributed by atoms with Gasteiger partial charge in [-0.05, 0) is 36.4 Å². The Balaban J connectivity index is 1.37. The van der Waals surface area contributed by atoms with Gasteiger partial charge in [0.05, 0.1) is 11.5 Å². The molecule has 0 atom stereocenters. The SMILES string of the molecule is O=C(Nc1nn(Cc2c(F)cccc2Cl)cc1Cl)c1ccc(COc2ccc([N+](=O)[O-])cc2)o1. The lowest BCUT2D eigenvalue weighted by Crippen LogP contribution is -2.12. The lowest BCUT2D eigenvalue weighted by molar-refractivity contribution is -0.384. The van der Waals surface area contributed by atoms with E-state index in [0.717, 1.165) is 0 Å². The number of nitrogens with one attached hydrogen (secondary N) is 1. The van der Waals surface area contributed by atoms with Crippen molar-refractivity contribution in [2.45, 2.75) is 13.2 Å². The fourth-order valence-corrected chi connectivity index (χ4v) is 3.39. The van der Waals surface area contributed by atoms with Gasteiger partial charge in [-0.15, -0.1) is 0 Å². The van der Waals surface area contributed by atoms with Gasteiger partial charge in [0.1, 0.15) is 29.0 Å². The summed E-state index contributed by atoms with van der Waals surface area (Å²) in [5.41, 5.74) is 0.187. The second-order valence-corrected chi connectivity index (χ2v) is 7.80. The van der Waals surface area contributed by atoms with Crippen molar-refractivity contribution < 1.29 is 23.3 Å². The number of nitro groups is 1. The second-order valence-electron chi connectivity index (χ2n) is 6.98. The van der Waals surface area contributed by atoms with E-state index in [4.69, 9.17) is 32.4 Å². The summed E-state index contributed by atoms with van der Waals surface area (Å²) in [6.07, 6.45) is 1.44. The van der Waals surface area contributed by atoms with Crippen molar-refractivity contribution >= 4 is 40.6 Å². The summed E-state index contributed by atoms with van der Waals surface area (Å²) >= 11 is 12.2. The Morgan fingerprint density at radius 3 is 2.62 bits per heavy atom. The van der Waals surface area contributed by atoms with E-state index in [-0.39, 0.29) is 46.0 Å². The van der Waals surface area contributed by atoms with Crippen molar-refractivity contribution in [2.75, 3.05) is 5.32 Å². The number of anilines is 1. The number of carbonyl (C=O) groups is 1. The highest BCUT2D eigenvalue weighted by atomic mass is 35.5. The third-order valence-electron chi connectivity index (χ3n) is 4.64. The van der Waals surface area contributed by atoms with E-state index in [1.165, 1.54) is 53.3 Å². The minimum absolute atomic E-state index is 0.00384. The first-order valence-electron chi connectivity index (χ1n) is 9.73. The molecular formula is C22H15Cl2FN4O5. The number of rotatable bonds is 8. The van der Waals surface area contributed by atoms with Gasteiger partial charge in [0.2, 0.25) is 0 Å². The Morgan fingerprint density at radius 1 is 1.15 bits per heavy atom. The first-order chi connectivity index (χ1) is 16.3. The van der Waals surface area contributed by atoms with Gasteiger partial charge in [-0.25, -0.2) is 4.39 Å². The van der Waals surface area contributed by atoms with Gasteiger partial charge in [-0.1, -0.05) is 29.3 Å². The summed E-state index contributed by atoms with van der Waals surface area (Å²) in [6, 6.07) is 12.9. The quantitative estimate of drug-likeness (QED) is 0.243. The van der Waals surface area contributed by atoms with E-state index in [0.29, 0.717) is 11.5 Å². The number of hydrogen-bond donors (Lipinski definition) is 1. The first kappa shape index (κ1) is 23.3. The van der Waals surface area contributed by atoms with Gasteiger partial charge in [0.25, 0.3) is 11.6 Å². The summed E-state index contributed by atoms with van der Waals surface area (Å²) in [7, 11) is 0. The Labute approximate surface area is 201 Å². The van der Waals surface area contributed by atoms with Crippen molar-refractivity contribution in [3.8, 4) is 5.75 Å². The van der Waals surface area contributed by atoms with E-state index in [2.05, 4.69) is 10.4 Å². The summed E-state index contributed by atoms with van der Waals surface area (Å²) in [5, 5.41) is 17.8. The normalized spacial score (nSPS) is 10.8. The van der Waals surface area contributed by atoms with Crippen molar-refractivity contribution in [3.63, 3.8) is 0 Å². The lowest BCUT2D eigenvalue weighted by atomic mass is 10.2. The fraction of sp³-hybridized carbons (Fsp3) is 0.0909. The van der Waals surface area contributed by atoms with Crippen LogP contribution in [0.1, 0.15) is 21.9 Å². The number of non-ortho nitro benzene ring substituents is 1. The van der Waals surface area contributed by atoms with Crippen LogP contribution in [0.5, 0.6) is 5.75 Å². The molecule has 0 unspecified atom stereocenters. The van der Waals surface area contributed by atoms with Gasteiger partial charge in [0.15, 0.2) is 11.6 Å². The van der Waals surface area contributed by atoms with Crippen LogP contribution in [0.3, 0.4) is 0 Å². The number of nitrogens with zero attached hydrogens (tertiary/aromatic N) is 3. The van der Waals surface area contributed by atoms with Gasteiger partial charge in [-0.3, -0.25) is 19.6 Å². The Kier molecular flexibility index (Phi) is 6.80. The van der Waals surface area contributed by atoms with Gasteiger partial charge in [0, 0.05) is 28.9 Å². The summed E-state index contributed by atoms with van der Waals surface area (Å²) in [5.74, 6) is -0.264. The minimum atomic E-state index is -0.599. The fourth-order valence-electron chi connectivity index (χ4n) is 2.97. The lowest BCUT2D eigenvalue weighted by Gasteiger charge is -2.06. The molecule has 34 heavy (non-hydrogen) atoms. The number of benzene rings is 2. The first-order valence-corrected chi connectivity index (χ1v) is 10.5. The monoisotopic (exact) mass is 504 g/mol. The van der Waals surface area contributed by atoms with Crippen molar-refractivity contribution in [2.24, 2.45) is 0 Å². The Morgan fingerprint density at radius 2 is 1.91 bits per heavy atom. The number of ether oxygens (including phenoxy) is 1. The highest BCUT2D eigenvalue weighted by molar-refractivity contribution is 6.33. The number of amides is 1. The largest absolute Gasteiger partial charge is 0.486 e. The van der Waals surface area contributed by atoms with Crippen LogP contribution in [0.15, 0.2) is 65.2 Å². The molecule has 0 spiro atoms. The second kappa shape index (κ2) is 9.94. The number of nitro benzene ring substituents is 1. The molecule has 1 amide bonds. The summed E-state index contributed by atoms with van der Waals surface area (Å²) < 4.78 is 26.4. The average Bonchev–Trinajstić information content (AvgIpc) is 3.42. The van der Waals surface area contributed by atoms with Crippen LogP contribution >= 0.6 is 23.2 Å². The molecule has 9 nitrogen and oxygen atoms in total. The van der Waals surface area contributed by atoms with E-state index >= 15 is 0 Å². The number of furan rings is 1. The third-order valence-corrected chi connectivity index (χ3v) is 5.28. The maximum Gasteiger partial charge on any atom is 0.292 e. The van der Waals surface area contributed by atoms with Crippen molar-refractivity contribution in [1.29, 1.82) is 0 Å². The maximum atomic E-state index is 14.0. The molecular weight excluding hydrogens is 490 g/mol. The van der Waals surface area contributed by atoms with Crippen LogP contribution in [-0.2, 0) is 13.2 Å². The maximum absolute atomic E-state index is 14.0. The van der Waals surface area contributed by atoms with Crippen LogP contribution < -0.4 is 10.1 Å². The molecule has 0 bridgehead atoms. The van der Waals surface area contributed by atoms with Gasteiger partial charge < -0.3 is 14.5 Å². The molecule has 0 radical (unpaired) electrons. The molecule has 0 aliphatic heterocycles. The number of halogens is 3. The Bertz CT molecular complexity index is 1330. The standard InChI is InChI=1S/C22H15Cl2FN4O5/c23-17-2-1-3-19(25)16(17)10-28-11-18(24)21(27-28)26-22(30)20-9-8-15(34-20)12-33-14-6-4-13(5-7-14)29(31)32/h1-9,11H,10,12H2,(H,26,27,30). The van der Waals surface area contributed by atoms with E-state index in [1.54, 1.807) is 12.1 Å². The topological polar surface area (TPSA) is 112 Å². The van der Waals surface area contributed by atoms with Gasteiger partial charge in [-0.2, -0.15) is 5.10 Å². The molecule has 4 aromatic rings. The molecule has 0 fully saturated rings. The van der Waals surface area contributed by atoms with Crippen LogP contribution in [0, 0.1) is 15.9 Å². The average molecular weight is 505 g/mol. The van der Waals surface area contributed by atoms with E-state index in [9.17, 15) is 19.3 Å². The molecule has 2 heterocycles. The van der Waals surface area contributed by atoms with Crippen LogP contribution in [-0.4, -0.2) is 20.6 Å². The van der Waals surface area contributed by atoms with E-state index in [1.807, 2.05) is 0 Å². The van der Waals surface area contributed by atoms with Crippen LogP contribution in [0.25, 0.3) is 0 Å². The Hall–Kier alpha value is -3.89. The molecule has 0 aliphatic carbocycles. The van der Waals surface area contributed by atoms with Crippen molar-refractivity contribution in [3.05, 3.63) is 104 Å². The number of hydrogen-bond acceptors (Lipinski definition) is 6. The van der Waals surface area contributed by atoms with E-state index < -0.39 is 16.6 Å². The van der Waals surface area contributed by atoms with Crippen LogP contribution in [0.4, 0.5) is 15.9 Å². The van der Waals surface area contributed by atoms with Crippen LogP contribution in [0.2, 0.25) is 10.0 Å². The molecule has 2 aromatic heterocycles. The zero-order valence-corrected chi connectivity index (χ0v) is 18.7. The number of aromatic nitrogens is 2.